The summed E-state index contributed by atoms with van der Waals surface area (Å²) >= 11 is 0. The maximum absolute atomic E-state index is 10.1. The normalized spacial score (nSPS) is 18.9. The number of nitrogens with one attached hydrogen (secondary N) is 1. The average Bonchev–Trinajstić information content (AvgIpc) is 2.00. The van der Waals surface area contributed by atoms with Crippen LogP contribution in [0.5, 0.6) is 0 Å². The van der Waals surface area contributed by atoms with Crippen LogP contribution in [-0.4, -0.2) is 51.3 Å². The zero-order valence-electron chi connectivity index (χ0n) is 5.64. The monoisotopic (exact) mass is 164 g/mol. The van der Waals surface area contributed by atoms with Gasteiger partial charge in [-0.3, -0.25) is 10.5 Å². The van der Waals surface area contributed by atoms with Crippen molar-refractivity contribution in [3.05, 3.63) is 0 Å². The number of hydrogen-bond donors (Lipinski definition) is 4. The van der Waals surface area contributed by atoms with Crippen LogP contribution in [0.3, 0.4) is 0 Å². The molecule has 0 aliphatic rings. The first kappa shape index (κ1) is 10.3. The van der Waals surface area contributed by atoms with E-state index in [1.54, 1.807) is 0 Å². The van der Waals surface area contributed by atoms with Crippen LogP contribution >= 0.6 is 0 Å². The molecule has 65 valence electrons. The molecular weight excluding hydrogens is 154 g/mol. The molecule has 0 rings (SSSR count). The lowest BCUT2D eigenvalue weighted by Gasteiger charge is -2.17. The van der Waals surface area contributed by atoms with Gasteiger partial charge < -0.3 is 20.4 Å². The van der Waals surface area contributed by atoms with Gasteiger partial charge >= 0.3 is 0 Å². The second kappa shape index (κ2) is 4.24. The third kappa shape index (κ3) is 2.81. The topological polar surface area (TPSA) is 122 Å². The Bertz CT molecular complexity index is 139. The first-order valence-corrected chi connectivity index (χ1v) is 2.91. The number of aliphatic hydroxyl groups is 4. The van der Waals surface area contributed by atoms with E-state index in [0.717, 1.165) is 0 Å². The fourth-order valence-electron chi connectivity index (χ4n) is 0.474. The minimum atomic E-state index is -1.96. The van der Waals surface area contributed by atoms with E-state index in [2.05, 4.69) is 0 Å². The summed E-state index contributed by atoms with van der Waals surface area (Å²) in [5.41, 5.74) is 6.34. The molecule has 1 amide bonds. The summed E-state index contributed by atoms with van der Waals surface area (Å²) < 4.78 is 0. The van der Waals surface area contributed by atoms with E-state index in [1.807, 2.05) is 0 Å². The molecule has 0 heterocycles. The van der Waals surface area contributed by atoms with Gasteiger partial charge in [0, 0.05) is 0 Å². The summed E-state index contributed by atoms with van der Waals surface area (Å²) in [7, 11) is 0. The quantitative estimate of drug-likeness (QED) is 0.350. The van der Waals surface area contributed by atoms with Crippen molar-refractivity contribution in [3.8, 4) is 0 Å². The second-order valence-corrected chi connectivity index (χ2v) is 2.05. The zero-order chi connectivity index (χ0) is 9.02. The molecule has 0 fully saturated rings. The van der Waals surface area contributed by atoms with E-state index in [1.165, 1.54) is 0 Å². The van der Waals surface area contributed by atoms with E-state index in [4.69, 9.17) is 26.2 Å². The SMILES string of the molecule is [NH]C(=O)[C@@H](O)[C@@H](O)[C@H](O)CO. The van der Waals surface area contributed by atoms with Crippen molar-refractivity contribution < 1.29 is 25.2 Å². The zero-order valence-corrected chi connectivity index (χ0v) is 5.64. The molecule has 5 N–H and O–H groups in total. The van der Waals surface area contributed by atoms with Crippen LogP contribution in [0, 0.1) is 0 Å². The van der Waals surface area contributed by atoms with Crippen molar-refractivity contribution >= 4 is 5.91 Å². The number of rotatable bonds is 4. The number of carbonyl (C=O) groups excluding carboxylic acids is 1. The molecule has 0 spiro atoms. The van der Waals surface area contributed by atoms with Crippen LogP contribution in [-0.2, 0) is 4.79 Å². The minimum Gasteiger partial charge on any atom is -0.394 e. The Labute approximate surface area is 62.9 Å². The molecule has 0 saturated carbocycles. The van der Waals surface area contributed by atoms with Gasteiger partial charge in [0.1, 0.15) is 12.2 Å². The molecule has 6 nitrogen and oxygen atoms in total. The van der Waals surface area contributed by atoms with E-state index < -0.39 is 30.8 Å². The minimum absolute atomic E-state index is 0.772. The third-order valence-electron chi connectivity index (χ3n) is 1.17. The Balaban J connectivity index is 4.00. The maximum Gasteiger partial charge on any atom is 0.270 e. The van der Waals surface area contributed by atoms with Crippen LogP contribution in [0.1, 0.15) is 0 Å². The predicted octanol–water partition coefficient (Wildman–Crippen LogP) is -3.13. The van der Waals surface area contributed by atoms with Crippen molar-refractivity contribution in [2.24, 2.45) is 0 Å². The van der Waals surface area contributed by atoms with Gasteiger partial charge in [0.15, 0.2) is 6.10 Å². The smallest absolute Gasteiger partial charge is 0.270 e. The molecule has 0 aliphatic heterocycles. The summed E-state index contributed by atoms with van der Waals surface area (Å²) in [5, 5.41) is 34.3. The van der Waals surface area contributed by atoms with Gasteiger partial charge in [0.2, 0.25) is 0 Å². The Kier molecular flexibility index (Phi) is 3.98. The predicted molar refractivity (Wildman–Crippen MR) is 33.2 cm³/mol. The lowest BCUT2D eigenvalue weighted by molar-refractivity contribution is -0.139. The van der Waals surface area contributed by atoms with Gasteiger partial charge in [-0.1, -0.05) is 0 Å². The maximum atomic E-state index is 10.1. The molecule has 0 unspecified atom stereocenters. The summed E-state index contributed by atoms with van der Waals surface area (Å²) in [5.74, 6) is -1.40. The number of amides is 1. The molecular formula is C5H10NO5. The van der Waals surface area contributed by atoms with Gasteiger partial charge in [-0.2, -0.15) is 0 Å². The van der Waals surface area contributed by atoms with Gasteiger partial charge in [-0.25, -0.2) is 0 Å². The van der Waals surface area contributed by atoms with Gasteiger partial charge in [0.05, 0.1) is 6.61 Å². The molecule has 6 heteroatoms. The fraction of sp³-hybridized carbons (Fsp3) is 0.800. The van der Waals surface area contributed by atoms with Gasteiger partial charge in [-0.05, 0) is 0 Å². The molecule has 0 saturated heterocycles. The van der Waals surface area contributed by atoms with Crippen molar-refractivity contribution in [2.75, 3.05) is 6.61 Å². The first-order chi connectivity index (χ1) is 5.00. The first-order valence-electron chi connectivity index (χ1n) is 2.91. The second-order valence-electron chi connectivity index (χ2n) is 2.05. The number of carbonyl (C=O) groups is 1. The Morgan fingerprint density at radius 3 is 2.09 bits per heavy atom. The fourth-order valence-corrected chi connectivity index (χ4v) is 0.474. The van der Waals surface area contributed by atoms with Crippen molar-refractivity contribution in [1.29, 1.82) is 0 Å². The lowest BCUT2D eigenvalue weighted by Crippen LogP contribution is -2.44. The Morgan fingerprint density at radius 1 is 1.36 bits per heavy atom. The van der Waals surface area contributed by atoms with Crippen molar-refractivity contribution in [2.45, 2.75) is 18.3 Å². The van der Waals surface area contributed by atoms with Crippen LogP contribution < -0.4 is 5.73 Å². The number of hydrogen-bond acceptors (Lipinski definition) is 5. The van der Waals surface area contributed by atoms with Crippen molar-refractivity contribution in [3.63, 3.8) is 0 Å². The van der Waals surface area contributed by atoms with Gasteiger partial charge in [-0.15, -0.1) is 0 Å². The van der Waals surface area contributed by atoms with E-state index in [0.29, 0.717) is 0 Å². The highest BCUT2D eigenvalue weighted by atomic mass is 16.4. The molecule has 0 aromatic rings. The highest BCUT2D eigenvalue weighted by Crippen LogP contribution is 1.98. The van der Waals surface area contributed by atoms with E-state index >= 15 is 0 Å². The van der Waals surface area contributed by atoms with Crippen LogP contribution in [0.4, 0.5) is 0 Å². The van der Waals surface area contributed by atoms with E-state index in [-0.39, 0.29) is 0 Å². The summed E-state index contributed by atoms with van der Waals surface area (Å²) in [6.07, 6.45) is -5.36. The van der Waals surface area contributed by atoms with Crippen LogP contribution in [0.15, 0.2) is 0 Å². The summed E-state index contributed by atoms with van der Waals surface area (Å²) in [6, 6.07) is 0. The molecule has 0 aromatic carbocycles. The molecule has 11 heavy (non-hydrogen) atoms. The summed E-state index contributed by atoms with van der Waals surface area (Å²) in [4.78, 5) is 10.1. The lowest BCUT2D eigenvalue weighted by atomic mass is 10.1. The molecule has 3 atom stereocenters. The van der Waals surface area contributed by atoms with Crippen LogP contribution in [0.25, 0.3) is 0 Å². The number of aliphatic hydroxyl groups excluding tert-OH is 4. The highest BCUT2D eigenvalue weighted by Gasteiger charge is 2.28. The Hall–Kier alpha value is -0.690. The van der Waals surface area contributed by atoms with Gasteiger partial charge in [0.25, 0.3) is 5.91 Å². The molecule has 0 bridgehead atoms. The molecule has 1 radical (unpaired) electrons. The summed E-state index contributed by atoms with van der Waals surface area (Å²) in [6.45, 7) is -0.772. The van der Waals surface area contributed by atoms with E-state index in [9.17, 15) is 4.79 Å². The molecule has 0 aromatic heterocycles. The molecule has 0 aliphatic carbocycles. The average molecular weight is 164 g/mol. The van der Waals surface area contributed by atoms with Crippen molar-refractivity contribution in [1.82, 2.24) is 5.73 Å². The highest BCUT2D eigenvalue weighted by molar-refractivity contribution is 5.78. The standard InChI is InChI=1S/C5H10NO5/c6-5(11)4(10)3(9)2(8)1-7/h2-4,6-10H,1H2/t2-,3+,4+/m1/s1. The Morgan fingerprint density at radius 2 is 1.82 bits per heavy atom. The van der Waals surface area contributed by atoms with Crippen LogP contribution in [0.2, 0.25) is 0 Å². The largest absolute Gasteiger partial charge is 0.394 e. The third-order valence-corrected chi connectivity index (χ3v) is 1.17.